The third-order valence-corrected chi connectivity index (χ3v) is 3.63. The molecule has 2 nitrogen and oxygen atoms in total. The number of hydroxylamine groups is 1. The molecule has 1 atom stereocenters. The van der Waals surface area contributed by atoms with Crippen LogP contribution in [0.4, 0.5) is 0 Å². The van der Waals surface area contributed by atoms with E-state index in [4.69, 9.17) is 4.84 Å². The number of hydrogen-bond acceptors (Lipinski definition) is 2. The Morgan fingerprint density at radius 2 is 1.89 bits per heavy atom. The summed E-state index contributed by atoms with van der Waals surface area (Å²) in [4.78, 5) is 5.74. The largest absolute Gasteiger partial charge is 0.296 e. The molecule has 100 valence electrons. The molecule has 0 saturated heterocycles. The third-order valence-electron chi connectivity index (χ3n) is 3.63. The maximum Gasteiger partial charge on any atom is 0.0813 e. The standard InChI is InChI=1S/C16H25NO/c1-15(2,3)18-17-14-10-11-16(4,5)13-9-7-6-8-12(13)14/h6-9,14,17H,10-11H2,1-5H3. The highest BCUT2D eigenvalue weighted by Gasteiger charge is 2.32. The summed E-state index contributed by atoms with van der Waals surface area (Å²) < 4.78 is 0. The number of fused-ring (bicyclic) bond motifs is 1. The quantitative estimate of drug-likeness (QED) is 0.794. The highest BCUT2D eigenvalue weighted by atomic mass is 16.7. The molecule has 0 aromatic heterocycles. The summed E-state index contributed by atoms with van der Waals surface area (Å²) in [5.41, 5.74) is 6.22. The second-order valence-electron chi connectivity index (χ2n) is 6.89. The Kier molecular flexibility index (Phi) is 3.52. The van der Waals surface area contributed by atoms with Crippen molar-refractivity contribution in [1.29, 1.82) is 0 Å². The summed E-state index contributed by atoms with van der Waals surface area (Å²) >= 11 is 0. The van der Waals surface area contributed by atoms with Gasteiger partial charge in [-0.3, -0.25) is 4.84 Å². The molecule has 0 amide bonds. The minimum atomic E-state index is -0.151. The first-order chi connectivity index (χ1) is 8.30. The lowest BCUT2D eigenvalue weighted by Gasteiger charge is -2.38. The number of benzene rings is 1. The van der Waals surface area contributed by atoms with Crippen LogP contribution in [0.5, 0.6) is 0 Å². The van der Waals surface area contributed by atoms with Crippen molar-refractivity contribution in [3.8, 4) is 0 Å². The molecule has 0 fully saturated rings. The fourth-order valence-electron chi connectivity index (χ4n) is 2.58. The van der Waals surface area contributed by atoms with E-state index >= 15 is 0 Å². The molecular formula is C16H25NO. The molecule has 18 heavy (non-hydrogen) atoms. The lowest BCUT2D eigenvalue weighted by molar-refractivity contribution is -0.0921. The van der Waals surface area contributed by atoms with Crippen LogP contribution in [-0.4, -0.2) is 5.60 Å². The molecule has 0 aliphatic heterocycles. The first kappa shape index (κ1) is 13.6. The Labute approximate surface area is 111 Å². The van der Waals surface area contributed by atoms with Crippen LogP contribution in [-0.2, 0) is 10.3 Å². The average molecular weight is 247 g/mol. The Morgan fingerprint density at radius 1 is 1.22 bits per heavy atom. The van der Waals surface area contributed by atoms with Gasteiger partial charge in [0.15, 0.2) is 0 Å². The van der Waals surface area contributed by atoms with E-state index in [1.807, 2.05) is 0 Å². The van der Waals surface area contributed by atoms with Gasteiger partial charge in [0.2, 0.25) is 0 Å². The van der Waals surface area contributed by atoms with Crippen LogP contribution in [0.2, 0.25) is 0 Å². The number of rotatable bonds is 2. The van der Waals surface area contributed by atoms with Gasteiger partial charge < -0.3 is 0 Å². The van der Waals surface area contributed by atoms with Crippen LogP contribution in [0.3, 0.4) is 0 Å². The third kappa shape index (κ3) is 2.93. The van der Waals surface area contributed by atoms with Gasteiger partial charge in [0.05, 0.1) is 11.6 Å². The predicted molar refractivity (Wildman–Crippen MR) is 75.4 cm³/mol. The smallest absolute Gasteiger partial charge is 0.0813 e. The Balaban J connectivity index is 2.21. The van der Waals surface area contributed by atoms with Crippen LogP contribution in [0, 0.1) is 0 Å². The normalized spacial score (nSPS) is 22.6. The van der Waals surface area contributed by atoms with Crippen LogP contribution in [0.1, 0.15) is 64.6 Å². The second kappa shape index (κ2) is 4.67. The highest BCUT2D eigenvalue weighted by Crippen LogP contribution is 2.41. The van der Waals surface area contributed by atoms with Gasteiger partial charge in [0.1, 0.15) is 0 Å². The number of nitrogens with one attached hydrogen (secondary N) is 1. The predicted octanol–water partition coefficient (Wildman–Crippen LogP) is 4.12. The Bertz CT molecular complexity index is 417. The molecule has 1 aliphatic carbocycles. The average Bonchev–Trinajstić information content (AvgIpc) is 2.27. The van der Waals surface area contributed by atoms with E-state index in [2.05, 4.69) is 64.4 Å². The summed E-state index contributed by atoms with van der Waals surface area (Å²) in [6.45, 7) is 10.9. The van der Waals surface area contributed by atoms with E-state index in [0.717, 1.165) is 6.42 Å². The van der Waals surface area contributed by atoms with Gasteiger partial charge in [-0.2, -0.15) is 5.48 Å². The van der Waals surface area contributed by atoms with Crippen molar-refractivity contribution >= 4 is 0 Å². The summed E-state index contributed by atoms with van der Waals surface area (Å²) in [5, 5.41) is 0. The number of hydrogen-bond donors (Lipinski definition) is 1. The van der Waals surface area contributed by atoms with Crippen molar-refractivity contribution in [3.63, 3.8) is 0 Å². The van der Waals surface area contributed by atoms with Crippen LogP contribution < -0.4 is 5.48 Å². The summed E-state index contributed by atoms with van der Waals surface area (Å²) in [6.07, 6.45) is 2.31. The van der Waals surface area contributed by atoms with Gasteiger partial charge in [0.25, 0.3) is 0 Å². The molecule has 1 aromatic carbocycles. The first-order valence-corrected chi connectivity index (χ1v) is 6.82. The second-order valence-corrected chi connectivity index (χ2v) is 6.89. The topological polar surface area (TPSA) is 21.3 Å². The van der Waals surface area contributed by atoms with Crippen LogP contribution in [0.15, 0.2) is 24.3 Å². The van der Waals surface area contributed by atoms with Gasteiger partial charge in [-0.05, 0) is 50.2 Å². The van der Waals surface area contributed by atoms with Crippen LogP contribution in [0.25, 0.3) is 0 Å². The monoisotopic (exact) mass is 247 g/mol. The van der Waals surface area contributed by atoms with E-state index in [9.17, 15) is 0 Å². The molecular weight excluding hydrogens is 222 g/mol. The van der Waals surface area contributed by atoms with E-state index in [1.165, 1.54) is 17.5 Å². The lowest BCUT2D eigenvalue weighted by Crippen LogP contribution is -2.36. The zero-order chi connectivity index (χ0) is 13.4. The van der Waals surface area contributed by atoms with Crippen molar-refractivity contribution in [2.24, 2.45) is 0 Å². The Morgan fingerprint density at radius 3 is 2.56 bits per heavy atom. The highest BCUT2D eigenvalue weighted by molar-refractivity contribution is 5.37. The molecule has 0 radical (unpaired) electrons. The molecule has 0 heterocycles. The fraction of sp³-hybridized carbons (Fsp3) is 0.625. The molecule has 1 unspecified atom stereocenters. The molecule has 0 spiro atoms. The summed E-state index contributed by atoms with van der Waals surface area (Å²) in [7, 11) is 0. The van der Waals surface area contributed by atoms with Crippen molar-refractivity contribution in [3.05, 3.63) is 35.4 Å². The van der Waals surface area contributed by atoms with Crippen molar-refractivity contribution in [2.75, 3.05) is 0 Å². The van der Waals surface area contributed by atoms with E-state index in [1.54, 1.807) is 0 Å². The molecule has 2 rings (SSSR count). The van der Waals surface area contributed by atoms with E-state index in [-0.39, 0.29) is 11.0 Å². The molecule has 1 aliphatic rings. The minimum Gasteiger partial charge on any atom is -0.296 e. The summed E-state index contributed by atoms with van der Waals surface area (Å²) in [6, 6.07) is 9.04. The molecule has 2 heteroatoms. The maximum absolute atomic E-state index is 5.74. The molecule has 1 N–H and O–H groups in total. The molecule has 1 aromatic rings. The SMILES string of the molecule is CC(C)(C)ONC1CCC(C)(C)c2ccccc21. The lowest BCUT2D eigenvalue weighted by atomic mass is 9.71. The first-order valence-electron chi connectivity index (χ1n) is 6.82. The molecule has 0 bridgehead atoms. The fourth-order valence-corrected chi connectivity index (χ4v) is 2.58. The van der Waals surface area contributed by atoms with Crippen molar-refractivity contribution < 1.29 is 4.84 Å². The minimum absolute atomic E-state index is 0.151. The Hall–Kier alpha value is -0.860. The van der Waals surface area contributed by atoms with Gasteiger partial charge >= 0.3 is 0 Å². The summed E-state index contributed by atoms with van der Waals surface area (Å²) in [5.74, 6) is 0. The van der Waals surface area contributed by atoms with E-state index < -0.39 is 0 Å². The van der Waals surface area contributed by atoms with E-state index in [0.29, 0.717) is 6.04 Å². The molecule has 0 saturated carbocycles. The van der Waals surface area contributed by atoms with Crippen LogP contribution >= 0.6 is 0 Å². The van der Waals surface area contributed by atoms with Gasteiger partial charge in [0, 0.05) is 0 Å². The zero-order valence-corrected chi connectivity index (χ0v) is 12.2. The van der Waals surface area contributed by atoms with Gasteiger partial charge in [-0.15, -0.1) is 0 Å². The van der Waals surface area contributed by atoms with Crippen molar-refractivity contribution in [1.82, 2.24) is 5.48 Å². The van der Waals surface area contributed by atoms with Gasteiger partial charge in [-0.25, -0.2) is 0 Å². The maximum atomic E-state index is 5.74. The zero-order valence-electron chi connectivity index (χ0n) is 12.2. The van der Waals surface area contributed by atoms with Gasteiger partial charge in [-0.1, -0.05) is 38.1 Å². The van der Waals surface area contributed by atoms with Crippen molar-refractivity contribution in [2.45, 2.75) is 64.5 Å².